The van der Waals surface area contributed by atoms with E-state index in [1.54, 1.807) is 19.9 Å². The molecule has 0 aliphatic carbocycles. The summed E-state index contributed by atoms with van der Waals surface area (Å²) >= 11 is 0. The highest BCUT2D eigenvalue weighted by Crippen LogP contribution is 1.98. The summed E-state index contributed by atoms with van der Waals surface area (Å²) in [5, 5.41) is 8.26. The maximum Gasteiger partial charge on any atom is 0.350 e. The number of carbonyl (C=O) groups excluding carboxylic acids is 1. The average Bonchev–Trinajstić information content (AvgIpc) is 2.03. The van der Waals surface area contributed by atoms with Gasteiger partial charge in [0.15, 0.2) is 0 Å². The Morgan fingerprint density at radius 2 is 2.33 bits per heavy atom. The maximum absolute atomic E-state index is 10.8. The van der Waals surface area contributed by atoms with Gasteiger partial charge >= 0.3 is 5.97 Å². The van der Waals surface area contributed by atoms with Crippen LogP contribution in [0.5, 0.6) is 0 Å². The molecule has 4 nitrogen and oxygen atoms in total. The first kappa shape index (κ1) is 10.7. The van der Waals surface area contributed by atoms with Crippen LogP contribution in [0.2, 0.25) is 0 Å². The number of nitriles is 1. The van der Waals surface area contributed by atoms with Gasteiger partial charge in [-0.1, -0.05) is 6.58 Å². The van der Waals surface area contributed by atoms with Crippen LogP contribution in [0, 0.1) is 11.3 Å². The van der Waals surface area contributed by atoms with E-state index in [-0.39, 0.29) is 5.57 Å². The van der Waals surface area contributed by atoms with Crippen LogP contribution in [0.25, 0.3) is 0 Å². The number of rotatable bonds is 4. The third-order valence-corrected chi connectivity index (χ3v) is 1.06. The van der Waals surface area contributed by atoms with E-state index in [1.165, 1.54) is 0 Å². The standard InChI is InChI=1S/C8H11NO3/c1-4-11-7(3)12-8(10)6(2)5-9/h7H,2,4H2,1,3H3. The van der Waals surface area contributed by atoms with Gasteiger partial charge in [0.2, 0.25) is 6.29 Å². The SMILES string of the molecule is C=C(C#N)C(=O)OC(C)OCC. The van der Waals surface area contributed by atoms with Crippen molar-refractivity contribution in [2.75, 3.05) is 6.61 Å². The Balaban J connectivity index is 3.86. The molecule has 0 aliphatic rings. The van der Waals surface area contributed by atoms with E-state index in [2.05, 4.69) is 11.3 Å². The molecule has 0 bridgehead atoms. The summed E-state index contributed by atoms with van der Waals surface area (Å²) in [4.78, 5) is 10.8. The molecule has 4 heteroatoms. The van der Waals surface area contributed by atoms with Crippen LogP contribution >= 0.6 is 0 Å². The molecule has 12 heavy (non-hydrogen) atoms. The van der Waals surface area contributed by atoms with Gasteiger partial charge < -0.3 is 9.47 Å². The summed E-state index contributed by atoms with van der Waals surface area (Å²) in [5.41, 5.74) is -0.221. The monoisotopic (exact) mass is 169 g/mol. The van der Waals surface area contributed by atoms with Crippen molar-refractivity contribution in [1.29, 1.82) is 5.26 Å². The minimum Gasteiger partial charge on any atom is -0.432 e. The largest absolute Gasteiger partial charge is 0.432 e. The van der Waals surface area contributed by atoms with E-state index in [4.69, 9.17) is 10.00 Å². The maximum atomic E-state index is 10.8. The molecule has 0 aromatic carbocycles. The molecule has 0 aromatic rings. The van der Waals surface area contributed by atoms with Gasteiger partial charge in [0.05, 0.1) is 0 Å². The third-order valence-electron chi connectivity index (χ3n) is 1.06. The lowest BCUT2D eigenvalue weighted by molar-refractivity contribution is -0.168. The van der Waals surface area contributed by atoms with Gasteiger partial charge in [-0.15, -0.1) is 0 Å². The topological polar surface area (TPSA) is 59.3 Å². The Bertz CT molecular complexity index is 217. The van der Waals surface area contributed by atoms with Crippen molar-refractivity contribution in [1.82, 2.24) is 0 Å². The van der Waals surface area contributed by atoms with Crippen molar-refractivity contribution in [2.24, 2.45) is 0 Å². The molecular formula is C8H11NO3. The Labute approximate surface area is 71.4 Å². The first-order chi connectivity index (χ1) is 5.61. The van der Waals surface area contributed by atoms with E-state index in [0.29, 0.717) is 6.61 Å². The molecule has 0 spiro atoms. The van der Waals surface area contributed by atoms with Crippen LogP contribution in [0.4, 0.5) is 0 Å². The van der Waals surface area contributed by atoms with Crippen LogP contribution in [0.1, 0.15) is 13.8 Å². The quantitative estimate of drug-likeness (QED) is 0.272. The lowest BCUT2D eigenvalue weighted by atomic mass is 10.3. The summed E-state index contributed by atoms with van der Waals surface area (Å²) in [6, 6.07) is 1.59. The summed E-state index contributed by atoms with van der Waals surface area (Å²) in [7, 11) is 0. The second-order valence-corrected chi connectivity index (χ2v) is 2.02. The van der Waals surface area contributed by atoms with Crippen LogP contribution in [0.3, 0.4) is 0 Å². The summed E-state index contributed by atoms with van der Waals surface area (Å²) in [5.74, 6) is -0.738. The predicted octanol–water partition coefficient (Wildman–Crippen LogP) is 0.992. The van der Waals surface area contributed by atoms with Crippen LogP contribution in [-0.4, -0.2) is 18.9 Å². The first-order valence-electron chi connectivity index (χ1n) is 3.53. The number of hydrogen-bond donors (Lipinski definition) is 0. The van der Waals surface area contributed by atoms with E-state index in [1.807, 2.05) is 0 Å². The summed E-state index contributed by atoms with van der Waals surface area (Å²) < 4.78 is 9.57. The van der Waals surface area contributed by atoms with Crippen molar-refractivity contribution < 1.29 is 14.3 Å². The van der Waals surface area contributed by atoms with Gasteiger partial charge in [-0.05, 0) is 13.8 Å². The van der Waals surface area contributed by atoms with Crippen molar-refractivity contribution in [2.45, 2.75) is 20.1 Å². The second-order valence-electron chi connectivity index (χ2n) is 2.02. The minimum absolute atomic E-state index is 0.221. The molecule has 0 saturated heterocycles. The molecular weight excluding hydrogens is 158 g/mol. The summed E-state index contributed by atoms with van der Waals surface area (Å²) in [6.07, 6.45) is -0.632. The third kappa shape index (κ3) is 3.74. The highest BCUT2D eigenvalue weighted by Gasteiger charge is 2.11. The molecule has 1 atom stereocenters. The zero-order chi connectivity index (χ0) is 9.56. The average molecular weight is 169 g/mol. The van der Waals surface area contributed by atoms with Crippen molar-refractivity contribution >= 4 is 5.97 Å². The summed E-state index contributed by atoms with van der Waals surface area (Å²) in [6.45, 7) is 7.00. The smallest absolute Gasteiger partial charge is 0.350 e. The molecule has 66 valence electrons. The van der Waals surface area contributed by atoms with Crippen LogP contribution in [0.15, 0.2) is 12.2 Å². The van der Waals surface area contributed by atoms with E-state index >= 15 is 0 Å². The first-order valence-corrected chi connectivity index (χ1v) is 3.53. The molecule has 1 unspecified atom stereocenters. The molecule has 0 radical (unpaired) electrons. The number of nitrogens with zero attached hydrogens (tertiary/aromatic N) is 1. The highest BCUT2D eigenvalue weighted by atomic mass is 16.7. The van der Waals surface area contributed by atoms with Crippen LogP contribution in [-0.2, 0) is 14.3 Å². The zero-order valence-corrected chi connectivity index (χ0v) is 7.16. The fraction of sp³-hybridized carbons (Fsp3) is 0.500. The molecule has 0 saturated carbocycles. The number of ether oxygens (including phenoxy) is 2. The van der Waals surface area contributed by atoms with Gasteiger partial charge in [-0.2, -0.15) is 5.26 Å². The van der Waals surface area contributed by atoms with E-state index < -0.39 is 12.3 Å². The minimum atomic E-state index is -0.738. The van der Waals surface area contributed by atoms with Gasteiger partial charge in [-0.3, -0.25) is 0 Å². The van der Waals surface area contributed by atoms with Crippen LogP contribution < -0.4 is 0 Å². The number of carbonyl (C=O) groups is 1. The molecule has 0 heterocycles. The van der Waals surface area contributed by atoms with E-state index in [9.17, 15) is 4.79 Å². The molecule has 0 rings (SSSR count). The fourth-order valence-corrected chi connectivity index (χ4v) is 0.536. The molecule has 0 aliphatic heterocycles. The van der Waals surface area contributed by atoms with Gasteiger partial charge in [0.1, 0.15) is 11.6 Å². The van der Waals surface area contributed by atoms with Gasteiger partial charge in [0, 0.05) is 6.61 Å². The molecule has 0 N–H and O–H groups in total. The number of hydrogen-bond acceptors (Lipinski definition) is 4. The molecule has 0 amide bonds. The Hall–Kier alpha value is -1.34. The Morgan fingerprint density at radius 3 is 2.75 bits per heavy atom. The van der Waals surface area contributed by atoms with E-state index in [0.717, 1.165) is 0 Å². The Kier molecular flexibility index (Phi) is 4.73. The normalized spacial score (nSPS) is 11.4. The lowest BCUT2D eigenvalue weighted by Gasteiger charge is -2.11. The lowest BCUT2D eigenvalue weighted by Crippen LogP contribution is -2.18. The van der Waals surface area contributed by atoms with Crippen molar-refractivity contribution in [3.05, 3.63) is 12.2 Å². The van der Waals surface area contributed by atoms with Gasteiger partial charge in [0.25, 0.3) is 0 Å². The molecule has 0 fully saturated rings. The molecule has 0 aromatic heterocycles. The van der Waals surface area contributed by atoms with Gasteiger partial charge in [-0.25, -0.2) is 4.79 Å². The predicted molar refractivity (Wildman–Crippen MR) is 41.9 cm³/mol. The fourth-order valence-electron chi connectivity index (χ4n) is 0.536. The van der Waals surface area contributed by atoms with Crippen molar-refractivity contribution in [3.63, 3.8) is 0 Å². The van der Waals surface area contributed by atoms with Crippen molar-refractivity contribution in [3.8, 4) is 6.07 Å². The number of esters is 1. The second kappa shape index (κ2) is 5.33. The highest BCUT2D eigenvalue weighted by molar-refractivity contribution is 5.91. The Morgan fingerprint density at radius 1 is 1.75 bits per heavy atom. The zero-order valence-electron chi connectivity index (χ0n) is 7.16.